The van der Waals surface area contributed by atoms with Gasteiger partial charge in [-0.05, 0) is 70.5 Å². The number of benzene rings is 1. The van der Waals surface area contributed by atoms with Crippen LogP contribution in [0.5, 0.6) is 6.01 Å². The van der Waals surface area contributed by atoms with Crippen molar-refractivity contribution in [3.05, 3.63) is 34.9 Å². The first-order valence-electron chi connectivity index (χ1n) is 17.1. The lowest BCUT2D eigenvalue weighted by Crippen LogP contribution is -2.59. The minimum atomic E-state index is -1.13. The summed E-state index contributed by atoms with van der Waals surface area (Å²) < 4.78 is 34.8. The predicted molar refractivity (Wildman–Crippen MR) is 181 cm³/mol. The van der Waals surface area contributed by atoms with Gasteiger partial charge in [0.15, 0.2) is 5.82 Å². The number of rotatable bonds is 7. The van der Waals surface area contributed by atoms with Gasteiger partial charge in [-0.2, -0.15) is 15.1 Å². The number of H-pyrrole nitrogens is 1. The van der Waals surface area contributed by atoms with Crippen molar-refractivity contribution in [1.29, 1.82) is 0 Å². The van der Waals surface area contributed by atoms with E-state index >= 15 is 4.39 Å². The molecular weight excluding hydrogens is 637 g/mol. The van der Waals surface area contributed by atoms with E-state index in [1.807, 2.05) is 17.9 Å². The van der Waals surface area contributed by atoms with Crippen LogP contribution in [0.25, 0.3) is 33.1 Å². The normalized spacial score (nSPS) is 29.6. The number of β-amino-alcohol motifs (C(OH)–C–C–N with tert-alkyl or cyclic N) is 1. The van der Waals surface area contributed by atoms with E-state index in [2.05, 4.69) is 20.1 Å². The van der Waals surface area contributed by atoms with Gasteiger partial charge < -0.3 is 24.2 Å². The highest BCUT2D eigenvalue weighted by Crippen LogP contribution is 2.50. The Morgan fingerprint density at radius 1 is 1.17 bits per heavy atom. The standard InChI is InChI=1S/C35H43ClFN7O4/c1-20-12-25-23(16-39-42-25)27(28(20)36)31-29(37)30-24(15-38-31)32(43-10-11-47-18-34(2,45)17-43)41-33(40-30)48-19-35-7-4-6-26(35)44(9-5-8-35)21-13-22(14-21)46-3/h12,15-16,21-22,26,45H,4-11,13-14,17-19H2,1-3H3,(H,39,42). The Balaban J connectivity index is 1.19. The van der Waals surface area contributed by atoms with Gasteiger partial charge in [-0.3, -0.25) is 15.0 Å². The lowest BCUT2D eigenvalue weighted by molar-refractivity contribution is -0.0845. The van der Waals surface area contributed by atoms with Crippen LogP contribution in [0.3, 0.4) is 0 Å². The number of nitrogens with one attached hydrogen (secondary N) is 1. The van der Waals surface area contributed by atoms with Crippen LogP contribution in [0.2, 0.25) is 5.02 Å². The Morgan fingerprint density at radius 2 is 2.00 bits per heavy atom. The molecule has 2 aliphatic heterocycles. The van der Waals surface area contributed by atoms with Gasteiger partial charge in [0.2, 0.25) is 0 Å². The molecule has 2 saturated carbocycles. The van der Waals surface area contributed by atoms with Crippen molar-refractivity contribution in [3.63, 3.8) is 0 Å². The second kappa shape index (κ2) is 12.3. The summed E-state index contributed by atoms with van der Waals surface area (Å²) in [5.74, 6) is -0.166. The summed E-state index contributed by atoms with van der Waals surface area (Å²) in [7, 11) is 1.80. The molecule has 2 saturated heterocycles. The summed E-state index contributed by atoms with van der Waals surface area (Å²) in [4.78, 5) is 18.9. The number of fused-ring (bicyclic) bond motifs is 3. The first-order chi connectivity index (χ1) is 23.2. The molecule has 0 spiro atoms. The Hall–Kier alpha value is -3.16. The fourth-order valence-electron chi connectivity index (χ4n) is 8.70. The third-order valence-corrected chi connectivity index (χ3v) is 11.7. The van der Waals surface area contributed by atoms with Gasteiger partial charge >= 0.3 is 6.01 Å². The highest BCUT2D eigenvalue weighted by Gasteiger charge is 2.51. The lowest BCUT2D eigenvalue weighted by Gasteiger charge is -2.53. The van der Waals surface area contributed by atoms with E-state index in [1.165, 1.54) is 0 Å². The molecule has 3 unspecified atom stereocenters. The molecule has 3 atom stereocenters. The SMILES string of the molecule is COC1CC(N2CCCC3(COc4nc(N5CCOCC(C)(O)C5)c5cnc(-c6c(Cl)c(C)cc7[nH]ncc67)c(F)c5n4)CCCC23)C1. The molecule has 2 aliphatic carbocycles. The number of anilines is 1. The molecule has 48 heavy (non-hydrogen) atoms. The monoisotopic (exact) mass is 679 g/mol. The smallest absolute Gasteiger partial charge is 0.319 e. The van der Waals surface area contributed by atoms with E-state index in [4.69, 9.17) is 35.8 Å². The second-order valence-electron chi connectivity index (χ2n) is 14.6. The number of aromatic amines is 1. The van der Waals surface area contributed by atoms with Gasteiger partial charge in [-0.15, -0.1) is 0 Å². The molecule has 4 aliphatic rings. The highest BCUT2D eigenvalue weighted by atomic mass is 35.5. The molecule has 0 amide bonds. The van der Waals surface area contributed by atoms with Crippen LogP contribution in [0, 0.1) is 18.2 Å². The average molecular weight is 680 g/mol. The third-order valence-electron chi connectivity index (χ3n) is 11.2. The Morgan fingerprint density at radius 3 is 2.83 bits per heavy atom. The summed E-state index contributed by atoms with van der Waals surface area (Å²) in [6.07, 6.45) is 11.3. The van der Waals surface area contributed by atoms with E-state index in [9.17, 15) is 5.11 Å². The molecule has 1 aromatic carbocycles. The van der Waals surface area contributed by atoms with Crippen molar-refractivity contribution >= 4 is 39.2 Å². The van der Waals surface area contributed by atoms with Crippen molar-refractivity contribution in [1.82, 2.24) is 30.0 Å². The van der Waals surface area contributed by atoms with Crippen molar-refractivity contribution in [2.24, 2.45) is 5.41 Å². The maximum Gasteiger partial charge on any atom is 0.319 e. The number of nitrogens with zero attached hydrogens (tertiary/aromatic N) is 6. The van der Waals surface area contributed by atoms with Gasteiger partial charge in [0.1, 0.15) is 22.6 Å². The maximum absolute atomic E-state index is 16.9. The Bertz CT molecular complexity index is 1850. The fourth-order valence-corrected chi connectivity index (χ4v) is 8.95. The maximum atomic E-state index is 16.9. The van der Waals surface area contributed by atoms with E-state index in [1.54, 1.807) is 26.4 Å². The molecule has 2 N–H and O–H groups in total. The number of ether oxygens (including phenoxy) is 3. The molecule has 11 nitrogen and oxygen atoms in total. The minimum Gasteiger partial charge on any atom is -0.463 e. The molecule has 0 bridgehead atoms. The molecule has 8 rings (SSSR count). The van der Waals surface area contributed by atoms with Gasteiger partial charge in [-0.1, -0.05) is 18.0 Å². The van der Waals surface area contributed by atoms with Gasteiger partial charge in [-0.25, -0.2) is 4.39 Å². The molecule has 4 aromatic rings. The summed E-state index contributed by atoms with van der Waals surface area (Å²) in [5, 5.41) is 19.7. The van der Waals surface area contributed by atoms with Crippen LogP contribution in [0.4, 0.5) is 10.2 Å². The van der Waals surface area contributed by atoms with E-state index in [-0.39, 0.29) is 35.8 Å². The molecule has 13 heteroatoms. The fraction of sp³-hybridized carbons (Fsp3) is 0.600. The summed E-state index contributed by atoms with van der Waals surface area (Å²) >= 11 is 6.81. The topological polar surface area (TPSA) is 122 Å². The number of aliphatic hydroxyl groups is 1. The number of pyridine rings is 1. The number of methoxy groups -OCH3 is 1. The van der Waals surface area contributed by atoms with Crippen LogP contribution in [0.1, 0.15) is 57.4 Å². The molecular formula is C35H43ClFN7O4. The first kappa shape index (κ1) is 32.1. The van der Waals surface area contributed by atoms with E-state index in [0.717, 1.165) is 62.6 Å². The molecule has 0 radical (unpaired) electrons. The van der Waals surface area contributed by atoms with Crippen LogP contribution < -0.4 is 9.64 Å². The zero-order valence-corrected chi connectivity index (χ0v) is 28.5. The summed E-state index contributed by atoms with van der Waals surface area (Å²) in [5.41, 5.74) is 0.984. The number of halogens is 2. The van der Waals surface area contributed by atoms with Crippen molar-refractivity contribution in [2.75, 3.05) is 51.5 Å². The molecule has 256 valence electrons. The highest BCUT2D eigenvalue weighted by molar-refractivity contribution is 6.35. The quantitative estimate of drug-likeness (QED) is 0.261. The molecule has 3 aromatic heterocycles. The van der Waals surface area contributed by atoms with Crippen molar-refractivity contribution < 1.29 is 23.7 Å². The van der Waals surface area contributed by atoms with Crippen LogP contribution in [-0.4, -0.2) is 106 Å². The number of hydrogen-bond acceptors (Lipinski definition) is 10. The largest absolute Gasteiger partial charge is 0.463 e. The Kier molecular flexibility index (Phi) is 8.23. The number of piperidine rings is 1. The zero-order valence-electron chi connectivity index (χ0n) is 27.8. The minimum absolute atomic E-state index is 0.0149. The number of hydrogen-bond donors (Lipinski definition) is 2. The van der Waals surface area contributed by atoms with Crippen molar-refractivity contribution in [2.45, 2.75) is 82.6 Å². The Labute approximate surface area is 284 Å². The number of aromatic nitrogens is 5. The summed E-state index contributed by atoms with van der Waals surface area (Å²) in [6.45, 7) is 6.42. The number of likely N-dealkylation sites (tertiary alicyclic amines) is 1. The van der Waals surface area contributed by atoms with Gasteiger partial charge in [0.25, 0.3) is 0 Å². The van der Waals surface area contributed by atoms with Crippen LogP contribution in [-0.2, 0) is 9.47 Å². The zero-order chi connectivity index (χ0) is 33.2. The van der Waals surface area contributed by atoms with E-state index < -0.39 is 11.4 Å². The van der Waals surface area contributed by atoms with Gasteiger partial charge in [0.05, 0.1) is 54.6 Å². The summed E-state index contributed by atoms with van der Waals surface area (Å²) in [6, 6.07) is 2.98. The number of aryl methyl sites for hydroxylation is 1. The van der Waals surface area contributed by atoms with Crippen LogP contribution >= 0.6 is 11.6 Å². The van der Waals surface area contributed by atoms with Gasteiger partial charge in [0, 0.05) is 48.3 Å². The average Bonchev–Trinajstić information content (AvgIpc) is 3.65. The lowest BCUT2D eigenvalue weighted by atomic mass is 9.73. The predicted octanol–water partition coefficient (Wildman–Crippen LogP) is 5.45. The first-order valence-corrected chi connectivity index (χ1v) is 17.5. The van der Waals surface area contributed by atoms with Crippen LogP contribution in [0.15, 0.2) is 18.5 Å². The molecule has 4 fully saturated rings. The second-order valence-corrected chi connectivity index (χ2v) is 15.0. The molecule has 5 heterocycles. The third kappa shape index (κ3) is 5.49. The van der Waals surface area contributed by atoms with Crippen molar-refractivity contribution in [3.8, 4) is 17.3 Å². The van der Waals surface area contributed by atoms with E-state index in [0.29, 0.717) is 65.1 Å².